The topological polar surface area (TPSA) is 76.0 Å². The van der Waals surface area contributed by atoms with E-state index in [0.717, 1.165) is 21.5 Å². The highest BCUT2D eigenvalue weighted by atomic mass is 32.1. The van der Waals surface area contributed by atoms with Gasteiger partial charge in [-0.2, -0.15) is 0 Å². The fourth-order valence-electron chi connectivity index (χ4n) is 3.28. The standard InChI is InChI=1S/C23H22N4O2S/c1-16-6-4-7-17(12-16)23(29)25-14-21-26-19-9-2-3-10-20(19)27(21)15-22(28)24-13-18-8-5-11-30-18/h2-12H,13-15H2,1H3,(H,24,28)(H,25,29). The molecular formula is C23H22N4O2S. The largest absolute Gasteiger partial charge is 0.350 e. The Morgan fingerprint density at radius 1 is 1.00 bits per heavy atom. The number of para-hydroxylation sites is 2. The Labute approximate surface area is 178 Å². The first-order chi connectivity index (χ1) is 14.6. The molecule has 2 heterocycles. The van der Waals surface area contributed by atoms with E-state index >= 15 is 0 Å². The van der Waals surface area contributed by atoms with Crippen LogP contribution in [0.2, 0.25) is 0 Å². The van der Waals surface area contributed by atoms with Crippen LogP contribution in [0.25, 0.3) is 11.0 Å². The summed E-state index contributed by atoms with van der Waals surface area (Å²) < 4.78 is 1.86. The summed E-state index contributed by atoms with van der Waals surface area (Å²) in [5.74, 6) is 0.376. The summed E-state index contributed by atoms with van der Waals surface area (Å²) in [6, 6.07) is 19.0. The molecular weight excluding hydrogens is 396 g/mol. The van der Waals surface area contributed by atoms with E-state index in [1.54, 1.807) is 17.4 Å². The summed E-state index contributed by atoms with van der Waals surface area (Å²) in [5.41, 5.74) is 3.29. The summed E-state index contributed by atoms with van der Waals surface area (Å²) in [6.07, 6.45) is 0. The third-order valence-corrected chi connectivity index (χ3v) is 5.64. The SMILES string of the molecule is Cc1cccc(C(=O)NCc2nc3ccccc3n2CC(=O)NCc2cccs2)c1. The van der Waals surface area contributed by atoms with E-state index in [1.165, 1.54) is 0 Å². The second-order valence-corrected chi connectivity index (χ2v) is 8.04. The van der Waals surface area contributed by atoms with Gasteiger partial charge >= 0.3 is 0 Å². The van der Waals surface area contributed by atoms with Crippen molar-refractivity contribution in [3.8, 4) is 0 Å². The zero-order valence-corrected chi connectivity index (χ0v) is 17.4. The van der Waals surface area contributed by atoms with Crippen LogP contribution in [0.1, 0.15) is 26.6 Å². The molecule has 0 aliphatic heterocycles. The predicted octanol–water partition coefficient (Wildman–Crippen LogP) is 3.65. The molecule has 0 aliphatic rings. The van der Waals surface area contributed by atoms with Gasteiger partial charge in [0.05, 0.1) is 24.1 Å². The van der Waals surface area contributed by atoms with E-state index in [-0.39, 0.29) is 24.9 Å². The summed E-state index contributed by atoms with van der Waals surface area (Å²) in [6.45, 7) is 2.83. The number of imidazole rings is 1. The van der Waals surface area contributed by atoms with Crippen molar-refractivity contribution in [3.63, 3.8) is 0 Å². The Bertz CT molecular complexity index is 1180. The van der Waals surface area contributed by atoms with E-state index in [0.29, 0.717) is 17.9 Å². The van der Waals surface area contributed by atoms with Crippen molar-refractivity contribution in [2.45, 2.75) is 26.6 Å². The Morgan fingerprint density at radius 2 is 1.87 bits per heavy atom. The third kappa shape index (κ3) is 4.58. The number of nitrogens with zero attached hydrogens (tertiary/aromatic N) is 2. The molecule has 0 fully saturated rings. The molecule has 2 N–H and O–H groups in total. The van der Waals surface area contributed by atoms with Crippen molar-refractivity contribution in [2.75, 3.05) is 0 Å². The highest BCUT2D eigenvalue weighted by molar-refractivity contribution is 7.09. The summed E-state index contributed by atoms with van der Waals surface area (Å²) >= 11 is 1.61. The van der Waals surface area contributed by atoms with Gasteiger partial charge in [-0.25, -0.2) is 4.98 Å². The van der Waals surface area contributed by atoms with E-state index in [1.807, 2.05) is 71.5 Å². The van der Waals surface area contributed by atoms with E-state index in [4.69, 9.17) is 0 Å². The number of carbonyl (C=O) groups excluding carboxylic acids is 2. The maximum absolute atomic E-state index is 12.6. The van der Waals surface area contributed by atoms with Gasteiger partial charge in [0.15, 0.2) is 0 Å². The van der Waals surface area contributed by atoms with Gasteiger partial charge in [-0.15, -0.1) is 11.3 Å². The summed E-state index contributed by atoms with van der Waals surface area (Å²) in [5, 5.41) is 7.85. The number of amides is 2. The normalized spacial score (nSPS) is 10.8. The summed E-state index contributed by atoms with van der Waals surface area (Å²) in [7, 11) is 0. The number of benzene rings is 2. The first kappa shape index (κ1) is 19.8. The predicted molar refractivity (Wildman–Crippen MR) is 118 cm³/mol. The van der Waals surface area contributed by atoms with Crippen molar-refractivity contribution in [1.29, 1.82) is 0 Å². The Hall–Kier alpha value is -3.45. The number of hydrogen-bond acceptors (Lipinski definition) is 4. The van der Waals surface area contributed by atoms with Crippen LogP contribution in [-0.2, 0) is 24.4 Å². The van der Waals surface area contributed by atoms with Crippen molar-refractivity contribution >= 4 is 34.2 Å². The van der Waals surface area contributed by atoms with Crippen LogP contribution in [0.4, 0.5) is 0 Å². The molecule has 0 spiro atoms. The smallest absolute Gasteiger partial charge is 0.251 e. The van der Waals surface area contributed by atoms with Crippen LogP contribution in [-0.4, -0.2) is 21.4 Å². The molecule has 7 heteroatoms. The van der Waals surface area contributed by atoms with Crippen LogP contribution < -0.4 is 10.6 Å². The molecule has 2 aromatic heterocycles. The number of rotatable bonds is 7. The maximum atomic E-state index is 12.6. The summed E-state index contributed by atoms with van der Waals surface area (Å²) in [4.78, 5) is 30.8. The quantitative estimate of drug-likeness (QED) is 0.481. The highest BCUT2D eigenvalue weighted by Gasteiger charge is 2.15. The molecule has 6 nitrogen and oxygen atoms in total. The number of aryl methyl sites for hydroxylation is 1. The van der Waals surface area contributed by atoms with Gasteiger partial charge in [0.1, 0.15) is 12.4 Å². The van der Waals surface area contributed by atoms with Gasteiger partial charge in [0.2, 0.25) is 5.91 Å². The lowest BCUT2D eigenvalue weighted by molar-refractivity contribution is -0.121. The number of aromatic nitrogens is 2. The van der Waals surface area contributed by atoms with Crippen LogP contribution >= 0.6 is 11.3 Å². The molecule has 30 heavy (non-hydrogen) atoms. The van der Waals surface area contributed by atoms with E-state index in [2.05, 4.69) is 15.6 Å². The molecule has 2 amide bonds. The molecule has 0 saturated heterocycles. The monoisotopic (exact) mass is 418 g/mol. The average Bonchev–Trinajstić information content (AvgIpc) is 3.39. The van der Waals surface area contributed by atoms with Crippen LogP contribution in [0.5, 0.6) is 0 Å². The maximum Gasteiger partial charge on any atom is 0.251 e. The van der Waals surface area contributed by atoms with Crippen LogP contribution in [0.15, 0.2) is 66.0 Å². The number of fused-ring (bicyclic) bond motifs is 1. The minimum atomic E-state index is -0.167. The zero-order valence-electron chi connectivity index (χ0n) is 16.6. The van der Waals surface area contributed by atoms with Gasteiger partial charge in [0.25, 0.3) is 5.91 Å². The minimum Gasteiger partial charge on any atom is -0.350 e. The third-order valence-electron chi connectivity index (χ3n) is 4.76. The van der Waals surface area contributed by atoms with Crippen molar-refractivity contribution in [1.82, 2.24) is 20.2 Å². The molecule has 0 bridgehead atoms. The lowest BCUT2D eigenvalue weighted by Crippen LogP contribution is -2.29. The van der Waals surface area contributed by atoms with Crippen LogP contribution in [0, 0.1) is 6.92 Å². The number of nitrogens with one attached hydrogen (secondary N) is 2. The van der Waals surface area contributed by atoms with Gasteiger partial charge < -0.3 is 15.2 Å². The molecule has 0 saturated carbocycles. The molecule has 2 aromatic carbocycles. The van der Waals surface area contributed by atoms with Gasteiger partial charge in [0, 0.05) is 10.4 Å². The zero-order chi connectivity index (χ0) is 20.9. The first-order valence-electron chi connectivity index (χ1n) is 9.68. The first-order valence-corrected chi connectivity index (χ1v) is 10.6. The van der Waals surface area contributed by atoms with E-state index in [9.17, 15) is 9.59 Å². The van der Waals surface area contributed by atoms with Crippen molar-refractivity contribution < 1.29 is 9.59 Å². The molecule has 0 atom stereocenters. The number of thiophene rings is 1. The van der Waals surface area contributed by atoms with Gasteiger partial charge in [-0.1, -0.05) is 35.9 Å². The molecule has 0 radical (unpaired) electrons. The van der Waals surface area contributed by atoms with Gasteiger partial charge in [-0.3, -0.25) is 9.59 Å². The fraction of sp³-hybridized carbons (Fsp3) is 0.174. The van der Waals surface area contributed by atoms with Crippen LogP contribution in [0.3, 0.4) is 0 Å². The second kappa shape index (κ2) is 8.92. The van der Waals surface area contributed by atoms with E-state index < -0.39 is 0 Å². The Kier molecular flexibility index (Phi) is 5.90. The lowest BCUT2D eigenvalue weighted by Gasteiger charge is -2.11. The molecule has 4 rings (SSSR count). The lowest BCUT2D eigenvalue weighted by atomic mass is 10.1. The fourth-order valence-corrected chi connectivity index (χ4v) is 3.93. The Morgan fingerprint density at radius 3 is 2.67 bits per heavy atom. The van der Waals surface area contributed by atoms with Crippen molar-refractivity contribution in [2.24, 2.45) is 0 Å². The number of hydrogen-bond donors (Lipinski definition) is 2. The highest BCUT2D eigenvalue weighted by Crippen LogP contribution is 2.16. The second-order valence-electron chi connectivity index (χ2n) is 7.01. The van der Waals surface area contributed by atoms with Crippen molar-refractivity contribution in [3.05, 3.63) is 87.9 Å². The number of carbonyl (C=O) groups is 2. The molecule has 152 valence electrons. The van der Waals surface area contributed by atoms with Gasteiger partial charge in [-0.05, 0) is 42.6 Å². The average molecular weight is 419 g/mol. The molecule has 0 aliphatic carbocycles. The molecule has 0 unspecified atom stereocenters. The minimum absolute atomic E-state index is 0.0992. The Balaban J connectivity index is 1.49. The molecule has 4 aromatic rings.